The number of carbonyl (C=O) groups excluding carboxylic acids is 1. The third kappa shape index (κ3) is 1.73. The van der Waals surface area contributed by atoms with E-state index in [2.05, 4.69) is 10.3 Å². The van der Waals surface area contributed by atoms with Gasteiger partial charge in [0.1, 0.15) is 0 Å². The number of aromatic nitrogens is 3. The third-order valence-corrected chi connectivity index (χ3v) is 2.50. The molecule has 0 spiro atoms. The van der Waals surface area contributed by atoms with Crippen molar-refractivity contribution >= 4 is 11.4 Å². The molecule has 0 saturated heterocycles. The van der Waals surface area contributed by atoms with E-state index in [0.717, 1.165) is 30.5 Å². The first-order valence-electron chi connectivity index (χ1n) is 4.86. The smallest absolute Gasteiger partial charge is 0.156 e. The molecule has 1 aliphatic rings. The molecule has 4 nitrogen and oxygen atoms in total. The molecule has 74 valence electrons. The second kappa shape index (κ2) is 3.74. The van der Waals surface area contributed by atoms with Crippen molar-refractivity contribution in [3.05, 3.63) is 18.0 Å². The zero-order valence-corrected chi connectivity index (χ0v) is 8.23. The lowest BCUT2D eigenvalue weighted by Crippen LogP contribution is -1.98. The summed E-state index contributed by atoms with van der Waals surface area (Å²) < 4.78 is 1.71. The van der Waals surface area contributed by atoms with E-state index < -0.39 is 0 Å². The number of hydrogen-bond donors (Lipinski definition) is 0. The van der Waals surface area contributed by atoms with Crippen LogP contribution in [0, 0.1) is 0 Å². The molecule has 0 aliphatic heterocycles. The SMILES string of the molecule is Cn1nncc1C1=CC(=O)CCCC1. The Hall–Kier alpha value is -1.45. The Morgan fingerprint density at radius 1 is 1.36 bits per heavy atom. The van der Waals surface area contributed by atoms with Gasteiger partial charge in [-0.15, -0.1) is 5.10 Å². The van der Waals surface area contributed by atoms with Crippen LogP contribution in [0.3, 0.4) is 0 Å². The van der Waals surface area contributed by atoms with Crippen LogP contribution in [0.25, 0.3) is 5.57 Å². The van der Waals surface area contributed by atoms with Crippen LogP contribution < -0.4 is 0 Å². The van der Waals surface area contributed by atoms with Crippen LogP contribution in [0.4, 0.5) is 0 Å². The zero-order chi connectivity index (χ0) is 9.97. The first-order valence-corrected chi connectivity index (χ1v) is 4.86. The Morgan fingerprint density at radius 3 is 2.86 bits per heavy atom. The van der Waals surface area contributed by atoms with E-state index in [1.54, 1.807) is 17.0 Å². The maximum atomic E-state index is 11.4. The molecule has 4 heteroatoms. The molecule has 0 N–H and O–H groups in total. The largest absolute Gasteiger partial charge is 0.295 e. The normalized spacial score (nSPS) is 17.8. The van der Waals surface area contributed by atoms with Gasteiger partial charge < -0.3 is 0 Å². The Labute approximate surface area is 82.6 Å². The summed E-state index contributed by atoms with van der Waals surface area (Å²) in [6.07, 6.45) is 7.14. The first kappa shape index (κ1) is 9.12. The van der Waals surface area contributed by atoms with Crippen LogP contribution in [0.2, 0.25) is 0 Å². The second-order valence-electron chi connectivity index (χ2n) is 3.59. The van der Waals surface area contributed by atoms with Gasteiger partial charge in [0.15, 0.2) is 5.78 Å². The average Bonchev–Trinajstić information content (AvgIpc) is 2.45. The number of ketones is 1. The van der Waals surface area contributed by atoms with Crippen LogP contribution >= 0.6 is 0 Å². The van der Waals surface area contributed by atoms with E-state index in [1.165, 1.54) is 0 Å². The predicted octanol–water partition coefficient (Wildman–Crippen LogP) is 1.34. The number of carbonyl (C=O) groups is 1. The maximum absolute atomic E-state index is 11.4. The molecule has 2 rings (SSSR count). The van der Waals surface area contributed by atoms with Gasteiger partial charge in [0.05, 0.1) is 11.9 Å². The van der Waals surface area contributed by atoms with Crippen molar-refractivity contribution in [2.24, 2.45) is 7.05 Å². The molecule has 0 saturated carbocycles. The number of allylic oxidation sites excluding steroid dienone is 2. The Morgan fingerprint density at radius 2 is 2.14 bits per heavy atom. The van der Waals surface area contributed by atoms with Crippen molar-refractivity contribution in [3.63, 3.8) is 0 Å². The topological polar surface area (TPSA) is 47.8 Å². The third-order valence-electron chi connectivity index (χ3n) is 2.50. The fourth-order valence-corrected chi connectivity index (χ4v) is 1.74. The fourth-order valence-electron chi connectivity index (χ4n) is 1.74. The molecular weight excluding hydrogens is 178 g/mol. The van der Waals surface area contributed by atoms with Crippen LogP contribution in [-0.4, -0.2) is 20.8 Å². The van der Waals surface area contributed by atoms with Gasteiger partial charge in [-0.05, 0) is 30.9 Å². The average molecular weight is 191 g/mol. The van der Waals surface area contributed by atoms with Crippen molar-refractivity contribution in [1.29, 1.82) is 0 Å². The van der Waals surface area contributed by atoms with Crippen molar-refractivity contribution in [1.82, 2.24) is 15.0 Å². The molecule has 0 unspecified atom stereocenters. The van der Waals surface area contributed by atoms with Gasteiger partial charge in [0.25, 0.3) is 0 Å². The molecule has 0 amide bonds. The summed E-state index contributed by atoms with van der Waals surface area (Å²) in [5.74, 6) is 0.221. The van der Waals surface area contributed by atoms with Gasteiger partial charge >= 0.3 is 0 Å². The highest BCUT2D eigenvalue weighted by Crippen LogP contribution is 2.23. The fraction of sp³-hybridized carbons (Fsp3) is 0.500. The molecule has 1 aliphatic carbocycles. The molecular formula is C10H13N3O. The van der Waals surface area contributed by atoms with E-state index >= 15 is 0 Å². The highest BCUT2D eigenvalue weighted by molar-refractivity contribution is 5.96. The Kier molecular flexibility index (Phi) is 2.43. The predicted molar refractivity (Wildman–Crippen MR) is 52.5 cm³/mol. The number of rotatable bonds is 1. The van der Waals surface area contributed by atoms with Crippen molar-refractivity contribution in [2.45, 2.75) is 25.7 Å². The lowest BCUT2D eigenvalue weighted by atomic mass is 10.1. The molecule has 14 heavy (non-hydrogen) atoms. The summed E-state index contributed by atoms with van der Waals surface area (Å²) in [6.45, 7) is 0. The van der Waals surface area contributed by atoms with Crippen molar-refractivity contribution in [3.8, 4) is 0 Å². The first-order chi connectivity index (χ1) is 6.77. The molecule has 0 radical (unpaired) electrons. The molecule has 0 bridgehead atoms. The minimum atomic E-state index is 0.221. The summed E-state index contributed by atoms with van der Waals surface area (Å²) in [5, 5.41) is 7.68. The lowest BCUT2D eigenvalue weighted by molar-refractivity contribution is -0.114. The minimum Gasteiger partial charge on any atom is -0.295 e. The monoisotopic (exact) mass is 191 g/mol. The summed E-state index contributed by atoms with van der Waals surface area (Å²) in [6, 6.07) is 0. The van der Waals surface area contributed by atoms with Gasteiger partial charge in [0.2, 0.25) is 0 Å². The second-order valence-corrected chi connectivity index (χ2v) is 3.59. The van der Waals surface area contributed by atoms with E-state index in [-0.39, 0.29) is 5.78 Å². The Bertz CT molecular complexity index is 378. The van der Waals surface area contributed by atoms with E-state index in [1.807, 2.05) is 7.05 Å². The number of hydrogen-bond acceptors (Lipinski definition) is 3. The zero-order valence-electron chi connectivity index (χ0n) is 8.23. The van der Waals surface area contributed by atoms with Gasteiger partial charge in [0, 0.05) is 13.5 Å². The van der Waals surface area contributed by atoms with Crippen LogP contribution in [0.1, 0.15) is 31.4 Å². The van der Waals surface area contributed by atoms with Crippen LogP contribution in [-0.2, 0) is 11.8 Å². The van der Waals surface area contributed by atoms with Gasteiger partial charge in [-0.2, -0.15) is 0 Å². The Balaban J connectivity index is 2.33. The van der Waals surface area contributed by atoms with Crippen LogP contribution in [0.5, 0.6) is 0 Å². The highest BCUT2D eigenvalue weighted by atomic mass is 16.1. The maximum Gasteiger partial charge on any atom is 0.156 e. The van der Waals surface area contributed by atoms with E-state index in [4.69, 9.17) is 0 Å². The van der Waals surface area contributed by atoms with E-state index in [9.17, 15) is 4.79 Å². The molecule has 0 aromatic carbocycles. The molecule has 1 aromatic rings. The standard InChI is InChI=1S/C10H13N3O/c1-13-10(7-11-12-13)8-4-2-3-5-9(14)6-8/h6-7H,2-5H2,1H3. The van der Waals surface area contributed by atoms with Gasteiger partial charge in [-0.25, -0.2) is 4.68 Å². The summed E-state index contributed by atoms with van der Waals surface area (Å²) in [5.41, 5.74) is 2.03. The lowest BCUT2D eigenvalue weighted by Gasteiger charge is -2.03. The quantitative estimate of drug-likeness (QED) is 0.673. The van der Waals surface area contributed by atoms with Crippen molar-refractivity contribution < 1.29 is 4.79 Å². The molecule has 1 heterocycles. The summed E-state index contributed by atoms with van der Waals surface area (Å²) >= 11 is 0. The molecule has 0 atom stereocenters. The van der Waals surface area contributed by atoms with Crippen molar-refractivity contribution in [2.75, 3.05) is 0 Å². The van der Waals surface area contributed by atoms with E-state index in [0.29, 0.717) is 6.42 Å². The molecule has 0 fully saturated rings. The highest BCUT2D eigenvalue weighted by Gasteiger charge is 2.12. The number of nitrogens with zero attached hydrogens (tertiary/aromatic N) is 3. The molecule has 1 aromatic heterocycles. The van der Waals surface area contributed by atoms with Crippen LogP contribution in [0.15, 0.2) is 12.3 Å². The van der Waals surface area contributed by atoms with Gasteiger partial charge in [-0.3, -0.25) is 4.79 Å². The van der Waals surface area contributed by atoms with Gasteiger partial charge in [-0.1, -0.05) is 5.21 Å². The summed E-state index contributed by atoms with van der Waals surface area (Å²) in [7, 11) is 1.85. The summed E-state index contributed by atoms with van der Waals surface area (Å²) in [4.78, 5) is 11.4. The minimum absolute atomic E-state index is 0.221. The number of aryl methyl sites for hydroxylation is 1.